The summed E-state index contributed by atoms with van der Waals surface area (Å²) in [5.74, 6) is -0.256. The van der Waals surface area contributed by atoms with Gasteiger partial charge in [0.05, 0.1) is 18.5 Å². The van der Waals surface area contributed by atoms with Crippen LogP contribution in [0.1, 0.15) is 5.56 Å². The molecule has 2 aromatic rings. The van der Waals surface area contributed by atoms with Gasteiger partial charge in [0, 0.05) is 24.8 Å². The number of nitrogens with zero attached hydrogens (tertiary/aromatic N) is 3. The van der Waals surface area contributed by atoms with E-state index in [1.54, 1.807) is 23.0 Å². The lowest BCUT2D eigenvalue weighted by Crippen LogP contribution is -2.21. The lowest BCUT2D eigenvalue weighted by atomic mass is 10.3. The zero-order chi connectivity index (χ0) is 13.0. The molecule has 1 aromatic carbocycles. The van der Waals surface area contributed by atoms with Crippen LogP contribution in [-0.4, -0.2) is 40.0 Å². The molecule has 1 aromatic heterocycles. The summed E-state index contributed by atoms with van der Waals surface area (Å²) < 4.78 is 14.5. The molecule has 0 saturated heterocycles. The zero-order valence-electron chi connectivity index (χ0n) is 10.3. The Morgan fingerprint density at radius 1 is 1.33 bits per heavy atom. The monoisotopic (exact) mass is 249 g/mol. The first-order valence-corrected chi connectivity index (χ1v) is 5.78. The molecule has 0 aliphatic carbocycles. The highest BCUT2D eigenvalue weighted by Gasteiger charge is 2.04. The third kappa shape index (κ3) is 3.15. The minimum absolute atomic E-state index is 0.141. The minimum Gasteiger partial charge on any atom is -0.395 e. The number of aliphatic hydroxyl groups is 1. The number of aliphatic hydroxyl groups excluding tert-OH is 1. The van der Waals surface area contributed by atoms with E-state index < -0.39 is 0 Å². The predicted molar refractivity (Wildman–Crippen MR) is 66.9 cm³/mol. The minimum atomic E-state index is -0.256. The van der Waals surface area contributed by atoms with Crippen molar-refractivity contribution in [3.05, 3.63) is 48.0 Å². The van der Waals surface area contributed by atoms with Crippen molar-refractivity contribution in [1.29, 1.82) is 0 Å². The van der Waals surface area contributed by atoms with E-state index in [4.69, 9.17) is 5.11 Å². The Kier molecular flexibility index (Phi) is 4.07. The molecule has 0 bridgehead atoms. The van der Waals surface area contributed by atoms with Crippen LogP contribution < -0.4 is 0 Å². The van der Waals surface area contributed by atoms with Crippen LogP contribution in [0.4, 0.5) is 4.39 Å². The highest BCUT2D eigenvalue weighted by Crippen LogP contribution is 2.10. The third-order valence-corrected chi connectivity index (χ3v) is 2.66. The fraction of sp³-hybridized carbons (Fsp3) is 0.308. The van der Waals surface area contributed by atoms with E-state index in [-0.39, 0.29) is 12.4 Å². The van der Waals surface area contributed by atoms with Crippen LogP contribution in [0.2, 0.25) is 0 Å². The van der Waals surface area contributed by atoms with E-state index in [2.05, 4.69) is 5.10 Å². The fourth-order valence-electron chi connectivity index (χ4n) is 1.74. The SMILES string of the molecule is CN(CCO)Cc1cnn(-c2ccc(F)cc2)c1. The maximum absolute atomic E-state index is 12.8. The first kappa shape index (κ1) is 12.7. The van der Waals surface area contributed by atoms with Gasteiger partial charge in [-0.25, -0.2) is 9.07 Å². The lowest BCUT2D eigenvalue weighted by molar-refractivity contribution is 0.217. The van der Waals surface area contributed by atoms with E-state index >= 15 is 0 Å². The first-order valence-electron chi connectivity index (χ1n) is 5.78. The van der Waals surface area contributed by atoms with Crippen molar-refractivity contribution >= 4 is 0 Å². The molecule has 0 atom stereocenters. The molecule has 0 spiro atoms. The molecule has 1 heterocycles. The van der Waals surface area contributed by atoms with Gasteiger partial charge >= 0.3 is 0 Å². The van der Waals surface area contributed by atoms with Crippen LogP contribution in [0.25, 0.3) is 5.69 Å². The quantitative estimate of drug-likeness (QED) is 0.871. The molecular formula is C13H16FN3O. The Hall–Kier alpha value is -1.72. The molecule has 0 saturated carbocycles. The number of aromatic nitrogens is 2. The van der Waals surface area contributed by atoms with Crippen LogP contribution in [-0.2, 0) is 6.54 Å². The molecule has 96 valence electrons. The van der Waals surface area contributed by atoms with Crippen molar-refractivity contribution in [2.24, 2.45) is 0 Å². The van der Waals surface area contributed by atoms with Gasteiger partial charge in [0.25, 0.3) is 0 Å². The van der Waals surface area contributed by atoms with E-state index in [0.29, 0.717) is 6.54 Å². The van der Waals surface area contributed by atoms with Gasteiger partial charge < -0.3 is 5.11 Å². The second-order valence-electron chi connectivity index (χ2n) is 4.23. The van der Waals surface area contributed by atoms with Crippen molar-refractivity contribution in [3.8, 4) is 5.69 Å². The number of hydrogen-bond acceptors (Lipinski definition) is 3. The van der Waals surface area contributed by atoms with Gasteiger partial charge in [-0.3, -0.25) is 4.90 Å². The van der Waals surface area contributed by atoms with Crippen LogP contribution in [0, 0.1) is 5.82 Å². The number of halogens is 1. The predicted octanol–water partition coefficient (Wildman–Crippen LogP) is 1.44. The molecule has 0 fully saturated rings. The molecule has 0 aliphatic rings. The first-order chi connectivity index (χ1) is 8.69. The van der Waals surface area contributed by atoms with Crippen molar-refractivity contribution in [1.82, 2.24) is 14.7 Å². The molecule has 2 rings (SSSR count). The molecule has 0 aliphatic heterocycles. The zero-order valence-corrected chi connectivity index (χ0v) is 10.3. The number of hydrogen-bond donors (Lipinski definition) is 1. The molecule has 0 radical (unpaired) electrons. The Morgan fingerprint density at radius 3 is 2.72 bits per heavy atom. The van der Waals surface area contributed by atoms with Gasteiger partial charge in [-0.1, -0.05) is 0 Å². The molecule has 0 amide bonds. The Bertz CT molecular complexity index is 495. The summed E-state index contributed by atoms with van der Waals surface area (Å²) in [7, 11) is 1.94. The van der Waals surface area contributed by atoms with Gasteiger partial charge in [0.15, 0.2) is 0 Å². The van der Waals surface area contributed by atoms with E-state index in [1.165, 1.54) is 12.1 Å². The van der Waals surface area contributed by atoms with Gasteiger partial charge in [-0.15, -0.1) is 0 Å². The van der Waals surface area contributed by atoms with Crippen LogP contribution in [0.5, 0.6) is 0 Å². The Labute approximate surface area is 105 Å². The lowest BCUT2D eigenvalue weighted by Gasteiger charge is -2.12. The normalized spacial score (nSPS) is 11.1. The van der Waals surface area contributed by atoms with Crippen molar-refractivity contribution in [3.63, 3.8) is 0 Å². The summed E-state index contributed by atoms with van der Waals surface area (Å²) in [5.41, 5.74) is 1.88. The summed E-state index contributed by atoms with van der Waals surface area (Å²) in [6.45, 7) is 1.49. The molecule has 4 nitrogen and oxygen atoms in total. The van der Waals surface area contributed by atoms with E-state index in [9.17, 15) is 4.39 Å². The van der Waals surface area contributed by atoms with Crippen molar-refractivity contribution < 1.29 is 9.50 Å². The van der Waals surface area contributed by atoms with Crippen LogP contribution in [0.15, 0.2) is 36.7 Å². The summed E-state index contributed by atoms with van der Waals surface area (Å²) in [5, 5.41) is 13.1. The fourth-order valence-corrected chi connectivity index (χ4v) is 1.74. The molecule has 18 heavy (non-hydrogen) atoms. The highest BCUT2D eigenvalue weighted by atomic mass is 19.1. The molecule has 1 N–H and O–H groups in total. The van der Waals surface area contributed by atoms with E-state index in [1.807, 2.05) is 18.1 Å². The number of likely N-dealkylation sites (N-methyl/N-ethyl adjacent to an activating group) is 1. The van der Waals surface area contributed by atoms with Crippen molar-refractivity contribution in [2.45, 2.75) is 6.54 Å². The maximum Gasteiger partial charge on any atom is 0.123 e. The van der Waals surface area contributed by atoms with Crippen LogP contribution >= 0.6 is 0 Å². The Morgan fingerprint density at radius 2 is 2.06 bits per heavy atom. The second kappa shape index (κ2) is 5.75. The number of rotatable bonds is 5. The standard InChI is InChI=1S/C13H16FN3O/c1-16(6-7-18)9-11-8-15-17(10-11)13-4-2-12(14)3-5-13/h2-5,8,10,18H,6-7,9H2,1H3. The van der Waals surface area contributed by atoms with Gasteiger partial charge in [-0.2, -0.15) is 5.10 Å². The van der Waals surface area contributed by atoms with Gasteiger partial charge in [-0.05, 0) is 31.3 Å². The summed E-state index contributed by atoms with van der Waals surface area (Å²) >= 11 is 0. The van der Waals surface area contributed by atoms with E-state index in [0.717, 1.165) is 17.8 Å². The smallest absolute Gasteiger partial charge is 0.123 e. The average Bonchev–Trinajstić information content (AvgIpc) is 2.78. The maximum atomic E-state index is 12.8. The van der Waals surface area contributed by atoms with Crippen LogP contribution in [0.3, 0.4) is 0 Å². The van der Waals surface area contributed by atoms with Crippen molar-refractivity contribution in [2.75, 3.05) is 20.2 Å². The largest absolute Gasteiger partial charge is 0.395 e. The molecule has 5 heteroatoms. The number of benzene rings is 1. The van der Waals surface area contributed by atoms with Gasteiger partial charge in [0.2, 0.25) is 0 Å². The second-order valence-corrected chi connectivity index (χ2v) is 4.23. The summed E-state index contributed by atoms with van der Waals surface area (Å²) in [6, 6.07) is 6.19. The molecular weight excluding hydrogens is 233 g/mol. The highest BCUT2D eigenvalue weighted by molar-refractivity contribution is 5.31. The molecule has 0 unspecified atom stereocenters. The summed E-state index contributed by atoms with van der Waals surface area (Å²) in [4.78, 5) is 2.01. The third-order valence-electron chi connectivity index (χ3n) is 2.66. The topological polar surface area (TPSA) is 41.3 Å². The van der Waals surface area contributed by atoms with Gasteiger partial charge in [0.1, 0.15) is 5.82 Å². The Balaban J connectivity index is 2.08. The average molecular weight is 249 g/mol. The summed E-state index contributed by atoms with van der Waals surface area (Å²) in [6.07, 6.45) is 3.68.